The van der Waals surface area contributed by atoms with Crippen molar-refractivity contribution in [1.82, 2.24) is 4.31 Å². The standard InChI is InChI=1S/C10H12N2O4S/c1-11-6-7-12(17(11,15)16)9-4-2-8(3-5-9)10(13)14/h2-5H,6-7H2,1H3,(H,13,14). The molecule has 2 rings (SSSR count). The molecule has 1 saturated heterocycles. The highest BCUT2D eigenvalue weighted by molar-refractivity contribution is 7.90. The van der Waals surface area contributed by atoms with Gasteiger partial charge in [-0.3, -0.25) is 4.31 Å². The van der Waals surface area contributed by atoms with E-state index in [-0.39, 0.29) is 5.56 Å². The smallest absolute Gasteiger partial charge is 0.335 e. The third kappa shape index (κ3) is 1.98. The lowest BCUT2D eigenvalue weighted by Crippen LogP contribution is -2.30. The van der Waals surface area contributed by atoms with Crippen LogP contribution in [0.5, 0.6) is 0 Å². The number of rotatable bonds is 2. The minimum Gasteiger partial charge on any atom is -0.478 e. The monoisotopic (exact) mass is 256 g/mol. The Balaban J connectivity index is 2.33. The molecule has 0 amide bonds. The summed E-state index contributed by atoms with van der Waals surface area (Å²) in [6.45, 7) is 0.814. The molecule has 1 aromatic rings. The van der Waals surface area contributed by atoms with Gasteiger partial charge in [0.2, 0.25) is 0 Å². The summed E-state index contributed by atoms with van der Waals surface area (Å²) in [6, 6.07) is 5.79. The molecule has 1 aromatic carbocycles. The predicted molar refractivity (Wildman–Crippen MR) is 62.3 cm³/mol. The minimum atomic E-state index is -3.43. The summed E-state index contributed by atoms with van der Waals surface area (Å²) in [6.07, 6.45) is 0. The Morgan fingerprint density at radius 2 is 1.82 bits per heavy atom. The van der Waals surface area contributed by atoms with E-state index in [0.29, 0.717) is 18.8 Å². The van der Waals surface area contributed by atoms with Gasteiger partial charge < -0.3 is 5.11 Å². The lowest BCUT2D eigenvalue weighted by atomic mass is 10.2. The maximum atomic E-state index is 11.8. The van der Waals surface area contributed by atoms with Crippen molar-refractivity contribution in [2.75, 3.05) is 24.4 Å². The molecule has 0 radical (unpaired) electrons. The number of carboxylic acids is 1. The topological polar surface area (TPSA) is 77.9 Å². The van der Waals surface area contributed by atoms with Crippen LogP contribution in [0.4, 0.5) is 5.69 Å². The molecule has 0 saturated carbocycles. The summed E-state index contributed by atoms with van der Waals surface area (Å²) in [4.78, 5) is 10.7. The van der Waals surface area contributed by atoms with Crippen LogP contribution in [-0.2, 0) is 10.2 Å². The molecule has 0 atom stereocenters. The second-order valence-corrected chi connectivity index (χ2v) is 5.71. The molecule has 1 fully saturated rings. The highest BCUT2D eigenvalue weighted by Gasteiger charge is 2.33. The van der Waals surface area contributed by atoms with Crippen molar-refractivity contribution in [3.63, 3.8) is 0 Å². The van der Waals surface area contributed by atoms with E-state index in [1.54, 1.807) is 0 Å². The molecule has 17 heavy (non-hydrogen) atoms. The average molecular weight is 256 g/mol. The maximum absolute atomic E-state index is 11.8. The van der Waals surface area contributed by atoms with Crippen molar-refractivity contribution < 1.29 is 18.3 Å². The number of hydrogen-bond donors (Lipinski definition) is 1. The quantitative estimate of drug-likeness (QED) is 0.829. The number of nitrogens with zero attached hydrogens (tertiary/aromatic N) is 2. The first-order valence-electron chi connectivity index (χ1n) is 5.00. The molecular formula is C10H12N2O4S. The van der Waals surface area contributed by atoms with Crippen LogP contribution in [0.3, 0.4) is 0 Å². The molecule has 1 heterocycles. The van der Waals surface area contributed by atoms with Crippen LogP contribution in [-0.4, -0.2) is 43.9 Å². The molecule has 1 aliphatic rings. The number of carbonyl (C=O) groups is 1. The van der Waals surface area contributed by atoms with Crippen LogP contribution >= 0.6 is 0 Å². The van der Waals surface area contributed by atoms with Gasteiger partial charge in [0, 0.05) is 20.1 Å². The fraction of sp³-hybridized carbons (Fsp3) is 0.300. The zero-order valence-corrected chi connectivity index (χ0v) is 10.0. The Morgan fingerprint density at radius 3 is 2.24 bits per heavy atom. The molecule has 1 N–H and O–H groups in total. The van der Waals surface area contributed by atoms with Gasteiger partial charge in [-0.05, 0) is 24.3 Å². The molecule has 6 nitrogen and oxygen atoms in total. The SMILES string of the molecule is CN1CCN(c2ccc(C(=O)O)cc2)S1(=O)=O. The van der Waals surface area contributed by atoms with Crippen molar-refractivity contribution in [3.8, 4) is 0 Å². The zero-order chi connectivity index (χ0) is 12.6. The Bertz CT molecular complexity index is 538. The number of benzene rings is 1. The third-order valence-electron chi connectivity index (χ3n) is 2.69. The van der Waals surface area contributed by atoms with Gasteiger partial charge in [0.05, 0.1) is 11.3 Å². The van der Waals surface area contributed by atoms with Gasteiger partial charge in [-0.2, -0.15) is 12.7 Å². The van der Waals surface area contributed by atoms with Crippen molar-refractivity contribution in [3.05, 3.63) is 29.8 Å². The number of hydrogen-bond acceptors (Lipinski definition) is 3. The van der Waals surface area contributed by atoms with E-state index >= 15 is 0 Å². The molecule has 0 spiro atoms. The third-order valence-corrected chi connectivity index (χ3v) is 4.61. The van der Waals surface area contributed by atoms with Crippen LogP contribution in [0, 0.1) is 0 Å². The van der Waals surface area contributed by atoms with Crippen molar-refractivity contribution in [1.29, 1.82) is 0 Å². The first kappa shape index (κ1) is 11.9. The lowest BCUT2D eigenvalue weighted by Gasteiger charge is -2.17. The van der Waals surface area contributed by atoms with E-state index in [1.165, 1.54) is 39.9 Å². The molecule has 7 heteroatoms. The molecule has 0 aliphatic carbocycles. The first-order valence-corrected chi connectivity index (χ1v) is 6.40. The maximum Gasteiger partial charge on any atom is 0.335 e. The van der Waals surface area contributed by atoms with E-state index in [4.69, 9.17) is 5.11 Å². The second-order valence-electron chi connectivity index (χ2n) is 3.75. The molecular weight excluding hydrogens is 244 g/mol. The normalized spacial score (nSPS) is 19.5. The van der Waals surface area contributed by atoms with Crippen molar-refractivity contribution in [2.24, 2.45) is 0 Å². The Labute approximate surface area is 99.3 Å². The summed E-state index contributed by atoms with van der Waals surface area (Å²) in [7, 11) is -1.92. The number of likely N-dealkylation sites (N-methyl/N-ethyl adjacent to an activating group) is 1. The van der Waals surface area contributed by atoms with E-state index in [0.717, 1.165) is 0 Å². The van der Waals surface area contributed by atoms with Gasteiger partial charge in [0.1, 0.15) is 0 Å². The van der Waals surface area contributed by atoms with Crippen LogP contribution < -0.4 is 4.31 Å². The van der Waals surface area contributed by atoms with Crippen LogP contribution in [0.2, 0.25) is 0 Å². The summed E-state index contributed by atoms with van der Waals surface area (Å²) >= 11 is 0. The van der Waals surface area contributed by atoms with Crippen LogP contribution in [0.1, 0.15) is 10.4 Å². The van der Waals surface area contributed by atoms with Crippen LogP contribution in [0.15, 0.2) is 24.3 Å². The largest absolute Gasteiger partial charge is 0.478 e. The van der Waals surface area contributed by atoms with Gasteiger partial charge in [0.25, 0.3) is 0 Å². The fourth-order valence-electron chi connectivity index (χ4n) is 1.66. The van der Waals surface area contributed by atoms with Gasteiger partial charge in [-0.25, -0.2) is 4.79 Å². The summed E-state index contributed by atoms with van der Waals surface area (Å²) in [5, 5.41) is 8.75. The van der Waals surface area contributed by atoms with E-state index < -0.39 is 16.2 Å². The van der Waals surface area contributed by atoms with Gasteiger partial charge in [-0.1, -0.05) is 0 Å². The molecule has 1 aliphatic heterocycles. The summed E-state index contributed by atoms with van der Waals surface area (Å²) in [5.74, 6) is -1.03. The number of aromatic carboxylic acids is 1. The zero-order valence-electron chi connectivity index (χ0n) is 9.20. The minimum absolute atomic E-state index is 0.138. The van der Waals surface area contributed by atoms with Gasteiger partial charge >= 0.3 is 16.2 Å². The fourth-order valence-corrected chi connectivity index (χ4v) is 3.01. The van der Waals surface area contributed by atoms with Gasteiger partial charge in [0.15, 0.2) is 0 Å². The van der Waals surface area contributed by atoms with Crippen molar-refractivity contribution >= 4 is 21.9 Å². The van der Waals surface area contributed by atoms with E-state index in [1.807, 2.05) is 0 Å². The second kappa shape index (κ2) is 4.01. The van der Waals surface area contributed by atoms with Crippen molar-refractivity contribution in [2.45, 2.75) is 0 Å². The summed E-state index contributed by atoms with van der Waals surface area (Å²) < 4.78 is 26.2. The average Bonchev–Trinajstić information content (AvgIpc) is 2.54. The Hall–Kier alpha value is -1.60. The van der Waals surface area contributed by atoms with Gasteiger partial charge in [-0.15, -0.1) is 0 Å². The molecule has 0 bridgehead atoms. The Morgan fingerprint density at radius 1 is 1.24 bits per heavy atom. The summed E-state index contributed by atoms with van der Waals surface area (Å²) in [5.41, 5.74) is 0.623. The van der Waals surface area contributed by atoms with E-state index in [9.17, 15) is 13.2 Å². The lowest BCUT2D eigenvalue weighted by molar-refractivity contribution is 0.0697. The highest BCUT2D eigenvalue weighted by atomic mass is 32.2. The first-order chi connectivity index (χ1) is 7.93. The number of carboxylic acid groups (broad SMARTS) is 1. The Kier molecular flexibility index (Phi) is 2.80. The van der Waals surface area contributed by atoms with E-state index in [2.05, 4.69) is 0 Å². The highest BCUT2D eigenvalue weighted by Crippen LogP contribution is 2.24. The number of anilines is 1. The molecule has 0 aromatic heterocycles. The van der Waals surface area contributed by atoms with Crippen LogP contribution in [0.25, 0.3) is 0 Å². The predicted octanol–water partition coefficient (Wildman–Crippen LogP) is 0.381. The molecule has 0 unspecified atom stereocenters. The molecule has 92 valence electrons.